The molecule has 2 aromatic carbocycles. The van der Waals surface area contributed by atoms with Gasteiger partial charge < -0.3 is 25.6 Å². The van der Waals surface area contributed by atoms with Gasteiger partial charge in [0, 0.05) is 51.4 Å². The number of piperazine rings is 1. The third-order valence-electron chi connectivity index (χ3n) is 9.35. The Balaban J connectivity index is 1.02. The number of aryl methyl sites for hydroxylation is 2. The number of hydrogen-bond donors (Lipinski definition) is 3. The molecule has 0 unspecified atom stereocenters. The zero-order valence-corrected chi connectivity index (χ0v) is 28.3. The van der Waals surface area contributed by atoms with Crippen LogP contribution in [-0.2, 0) is 19.6 Å². The first kappa shape index (κ1) is 36.0. The van der Waals surface area contributed by atoms with Crippen LogP contribution in [0, 0.1) is 5.82 Å². The molecule has 2 fully saturated rings. The van der Waals surface area contributed by atoms with Gasteiger partial charge in [-0.1, -0.05) is 36.4 Å². The Morgan fingerprint density at radius 3 is 2.27 bits per heavy atom. The number of amides is 2. The third-order valence-corrected chi connectivity index (χ3v) is 9.35. The van der Waals surface area contributed by atoms with Gasteiger partial charge in [-0.3, -0.25) is 14.3 Å². The minimum Gasteiger partial charge on any atom is -0.438 e. The van der Waals surface area contributed by atoms with Gasteiger partial charge >= 0.3 is 6.18 Å². The van der Waals surface area contributed by atoms with Gasteiger partial charge in [0.25, 0.3) is 11.8 Å². The second-order valence-corrected chi connectivity index (χ2v) is 13.1. The van der Waals surface area contributed by atoms with E-state index < -0.39 is 29.5 Å². The molecule has 1 aliphatic heterocycles. The number of alkyl halides is 3. The second-order valence-electron chi connectivity index (χ2n) is 13.1. The average Bonchev–Trinajstić information content (AvgIpc) is 3.53. The van der Waals surface area contributed by atoms with Crippen LogP contribution in [0.3, 0.4) is 0 Å². The van der Waals surface area contributed by atoms with Crippen LogP contribution in [0.15, 0.2) is 66.9 Å². The predicted molar refractivity (Wildman–Crippen MR) is 183 cm³/mol. The number of pyridine rings is 1. The van der Waals surface area contributed by atoms with Crippen LogP contribution in [-0.4, -0.2) is 76.3 Å². The molecule has 14 heteroatoms. The monoisotopic (exact) mass is 707 g/mol. The van der Waals surface area contributed by atoms with Gasteiger partial charge in [-0.25, -0.2) is 9.37 Å². The number of rotatable bonds is 11. The van der Waals surface area contributed by atoms with E-state index in [-0.39, 0.29) is 29.2 Å². The second kappa shape index (κ2) is 16.0. The van der Waals surface area contributed by atoms with Crippen LogP contribution in [0.2, 0.25) is 0 Å². The number of halogens is 4. The first-order chi connectivity index (χ1) is 24.5. The molecule has 2 aliphatic rings. The minimum atomic E-state index is -4.62. The topological polar surface area (TPSA) is 113 Å². The first-order valence-corrected chi connectivity index (χ1v) is 17.2. The van der Waals surface area contributed by atoms with E-state index in [0.717, 1.165) is 82.1 Å². The Bertz CT molecular complexity index is 1820. The molecular formula is C37H41F4N7O3. The molecule has 2 aromatic heterocycles. The summed E-state index contributed by atoms with van der Waals surface area (Å²) in [5, 5.41) is 12.7. The maximum Gasteiger partial charge on any atom is 0.433 e. The average molecular weight is 708 g/mol. The van der Waals surface area contributed by atoms with Crippen molar-refractivity contribution in [2.45, 2.75) is 56.8 Å². The molecule has 3 N–H and O–H groups in total. The number of ether oxygens (including phenoxy) is 1. The maximum absolute atomic E-state index is 14.3. The molecule has 1 saturated carbocycles. The fourth-order valence-electron chi connectivity index (χ4n) is 6.57. The lowest BCUT2D eigenvalue weighted by Crippen LogP contribution is -2.44. The molecule has 1 aliphatic carbocycles. The van der Waals surface area contributed by atoms with Gasteiger partial charge in [0.2, 0.25) is 5.88 Å². The highest BCUT2D eigenvalue weighted by atomic mass is 19.4. The van der Waals surface area contributed by atoms with E-state index >= 15 is 0 Å². The smallest absolute Gasteiger partial charge is 0.433 e. The Morgan fingerprint density at radius 1 is 0.922 bits per heavy atom. The van der Waals surface area contributed by atoms with E-state index in [1.807, 2.05) is 18.2 Å². The number of carbonyl (C=O) groups is 2. The highest BCUT2D eigenvalue weighted by Gasteiger charge is 2.36. The Labute approximate surface area is 293 Å². The maximum atomic E-state index is 14.3. The minimum absolute atomic E-state index is 0.0413. The molecule has 2 amide bonds. The number of nitrogens with zero attached hydrogens (tertiary/aromatic N) is 4. The van der Waals surface area contributed by atoms with E-state index in [2.05, 4.69) is 55.2 Å². The van der Waals surface area contributed by atoms with Crippen molar-refractivity contribution in [3.8, 4) is 22.8 Å². The zero-order valence-electron chi connectivity index (χ0n) is 28.3. The fraction of sp³-hybridized carbons (Fsp3) is 0.405. The molecular weight excluding hydrogens is 666 g/mol. The van der Waals surface area contributed by atoms with Crippen LogP contribution >= 0.6 is 0 Å². The lowest BCUT2D eigenvalue weighted by atomic mass is 9.91. The predicted octanol–water partition coefficient (Wildman–Crippen LogP) is 5.74. The third kappa shape index (κ3) is 9.50. The van der Waals surface area contributed by atoms with E-state index in [4.69, 9.17) is 4.74 Å². The number of carbonyl (C=O) groups excluding carboxylic acids is 2. The summed E-state index contributed by atoms with van der Waals surface area (Å²) in [6, 6.07) is 17.1. The summed E-state index contributed by atoms with van der Waals surface area (Å²) in [5.41, 5.74) is 1.81. The number of benzene rings is 2. The van der Waals surface area contributed by atoms with Crippen molar-refractivity contribution in [1.82, 2.24) is 35.6 Å². The molecule has 0 radical (unpaired) electrons. The van der Waals surface area contributed by atoms with Crippen molar-refractivity contribution in [3.05, 3.63) is 95.2 Å². The fourth-order valence-corrected chi connectivity index (χ4v) is 6.57. The van der Waals surface area contributed by atoms with Gasteiger partial charge in [-0.2, -0.15) is 18.3 Å². The van der Waals surface area contributed by atoms with Crippen LogP contribution in [0.5, 0.6) is 11.6 Å². The van der Waals surface area contributed by atoms with Crippen molar-refractivity contribution in [2.75, 3.05) is 32.7 Å². The molecule has 10 nitrogen and oxygen atoms in total. The Kier molecular flexibility index (Phi) is 11.3. The first-order valence-electron chi connectivity index (χ1n) is 17.2. The molecule has 3 heterocycles. The van der Waals surface area contributed by atoms with Crippen molar-refractivity contribution >= 4 is 11.8 Å². The standard InChI is InChI=1S/C37H41F4N7O3/c1-47-33(37(39,40)41)22-32(46-47)35(50)45-29-13-11-28(12-14-29)44-34(49)31-21-27(38)23-43-36(31)51-30-6-2-5-26(20-30)25-9-7-24(8-10-25)4-3-17-48-18-15-42-16-19-48/h2,5-10,20-23,28-29,42H,3-4,11-19H2,1H3,(H,44,49)(H,45,50). The highest BCUT2D eigenvalue weighted by molar-refractivity contribution is 5.96. The number of hydrogen-bond acceptors (Lipinski definition) is 7. The summed E-state index contributed by atoms with van der Waals surface area (Å²) in [5.74, 6) is -1.54. The molecule has 4 aromatic rings. The Morgan fingerprint density at radius 2 is 1.61 bits per heavy atom. The van der Waals surface area contributed by atoms with Gasteiger partial charge in [0.15, 0.2) is 5.69 Å². The van der Waals surface area contributed by atoms with E-state index in [9.17, 15) is 27.2 Å². The molecule has 270 valence electrons. The van der Waals surface area contributed by atoms with Crippen molar-refractivity contribution in [3.63, 3.8) is 0 Å². The van der Waals surface area contributed by atoms with Crippen molar-refractivity contribution < 1.29 is 31.9 Å². The number of aromatic nitrogens is 3. The summed E-state index contributed by atoms with van der Waals surface area (Å²) in [7, 11) is 1.13. The molecule has 0 bridgehead atoms. The SMILES string of the molecule is Cn1nc(C(=O)NC2CCC(NC(=O)c3cc(F)cnc3Oc3cccc(-c4ccc(CCCN5CCNCC5)cc4)c3)CC2)cc1C(F)(F)F. The van der Waals surface area contributed by atoms with Gasteiger partial charge in [-0.05, 0) is 80.0 Å². The molecule has 0 atom stereocenters. The zero-order chi connectivity index (χ0) is 36.0. The van der Waals surface area contributed by atoms with Crippen LogP contribution in [0.1, 0.15) is 64.2 Å². The molecule has 1 saturated heterocycles. The lowest BCUT2D eigenvalue weighted by molar-refractivity contribution is -0.143. The largest absolute Gasteiger partial charge is 0.438 e. The van der Waals surface area contributed by atoms with Crippen LogP contribution in [0.4, 0.5) is 17.6 Å². The lowest BCUT2D eigenvalue weighted by Gasteiger charge is -2.29. The van der Waals surface area contributed by atoms with Crippen molar-refractivity contribution in [1.29, 1.82) is 0 Å². The summed E-state index contributed by atoms with van der Waals surface area (Å²) in [4.78, 5) is 32.5. The summed E-state index contributed by atoms with van der Waals surface area (Å²) >= 11 is 0. The van der Waals surface area contributed by atoms with E-state index in [0.29, 0.717) is 36.1 Å². The summed E-state index contributed by atoms with van der Waals surface area (Å²) in [6.45, 7) is 5.38. The molecule has 6 rings (SSSR count). The summed E-state index contributed by atoms with van der Waals surface area (Å²) in [6.07, 6.45) is 0.408. The van der Waals surface area contributed by atoms with Crippen LogP contribution < -0.4 is 20.7 Å². The van der Waals surface area contributed by atoms with Crippen LogP contribution in [0.25, 0.3) is 11.1 Å². The molecule has 0 spiro atoms. The Hall–Kier alpha value is -4.82. The molecule has 51 heavy (non-hydrogen) atoms. The quantitative estimate of drug-likeness (QED) is 0.171. The van der Waals surface area contributed by atoms with E-state index in [1.165, 1.54) is 5.56 Å². The van der Waals surface area contributed by atoms with Crippen molar-refractivity contribution in [2.24, 2.45) is 7.05 Å². The number of nitrogens with one attached hydrogen (secondary N) is 3. The van der Waals surface area contributed by atoms with Gasteiger partial charge in [0.05, 0.1) is 6.20 Å². The highest BCUT2D eigenvalue weighted by Crippen LogP contribution is 2.31. The van der Waals surface area contributed by atoms with Gasteiger partial charge in [0.1, 0.15) is 22.8 Å². The normalized spacial score (nSPS) is 18.3. The van der Waals surface area contributed by atoms with E-state index in [1.54, 1.807) is 6.07 Å². The summed E-state index contributed by atoms with van der Waals surface area (Å²) < 4.78 is 60.3. The van der Waals surface area contributed by atoms with Gasteiger partial charge in [-0.15, -0.1) is 0 Å².